The molecule has 1 aromatic carbocycles. The number of nitrogens with one attached hydrogen (secondary N) is 1. The fraction of sp³-hybridized carbons (Fsp3) is 0.235. The Bertz CT molecular complexity index is 840. The molecule has 3 rings (SSSR count). The Kier molecular flexibility index (Phi) is 3.87. The minimum atomic E-state index is -0.0561. The number of nitrogens with zero attached hydrogens (tertiary/aromatic N) is 3. The van der Waals surface area contributed by atoms with Crippen LogP contribution in [0.5, 0.6) is 0 Å². The van der Waals surface area contributed by atoms with Crippen LogP contribution in [0.2, 0.25) is 0 Å². The summed E-state index contributed by atoms with van der Waals surface area (Å²) in [6.45, 7) is 4.44. The standard InChI is InChI=1S/C17H18N4O/c1-12(2)19-17-20-15-9-4-3-8-14(15)16(22)21(17)11-13-7-5-6-10-18-13/h3-10,12H,11H2,1-2H3,(H,19,20). The molecule has 1 N–H and O–H groups in total. The van der Waals surface area contributed by atoms with Crippen LogP contribution in [-0.2, 0) is 6.54 Å². The highest BCUT2D eigenvalue weighted by Crippen LogP contribution is 2.13. The highest BCUT2D eigenvalue weighted by molar-refractivity contribution is 5.78. The first-order valence-corrected chi connectivity index (χ1v) is 7.31. The van der Waals surface area contributed by atoms with Crippen LogP contribution in [-0.4, -0.2) is 20.6 Å². The SMILES string of the molecule is CC(C)Nc1nc2ccccc2c(=O)n1Cc1ccccn1. The molecule has 0 aliphatic carbocycles. The maximum Gasteiger partial charge on any atom is 0.263 e. The van der Waals surface area contributed by atoms with E-state index < -0.39 is 0 Å². The molecule has 5 nitrogen and oxygen atoms in total. The lowest BCUT2D eigenvalue weighted by Gasteiger charge is -2.16. The molecule has 3 aromatic rings. The molecule has 0 radical (unpaired) electrons. The summed E-state index contributed by atoms with van der Waals surface area (Å²) in [6.07, 6.45) is 1.73. The van der Waals surface area contributed by atoms with Gasteiger partial charge in [-0.25, -0.2) is 4.98 Å². The number of aromatic nitrogens is 3. The van der Waals surface area contributed by atoms with Crippen molar-refractivity contribution in [3.8, 4) is 0 Å². The van der Waals surface area contributed by atoms with Gasteiger partial charge in [0.05, 0.1) is 23.1 Å². The van der Waals surface area contributed by atoms with Crippen molar-refractivity contribution in [1.29, 1.82) is 0 Å². The van der Waals surface area contributed by atoms with E-state index in [-0.39, 0.29) is 11.6 Å². The van der Waals surface area contributed by atoms with Gasteiger partial charge in [-0.05, 0) is 38.1 Å². The van der Waals surface area contributed by atoms with Crippen LogP contribution >= 0.6 is 0 Å². The van der Waals surface area contributed by atoms with E-state index in [1.807, 2.05) is 50.2 Å². The van der Waals surface area contributed by atoms with Crippen molar-refractivity contribution in [2.45, 2.75) is 26.4 Å². The number of hydrogen-bond donors (Lipinski definition) is 1. The molecule has 0 bridgehead atoms. The van der Waals surface area contributed by atoms with E-state index in [4.69, 9.17) is 0 Å². The second-order valence-electron chi connectivity index (χ2n) is 5.46. The Labute approximate surface area is 128 Å². The Balaban J connectivity index is 2.16. The zero-order chi connectivity index (χ0) is 15.5. The molecule has 0 amide bonds. The number of benzene rings is 1. The van der Waals surface area contributed by atoms with Gasteiger partial charge in [-0.1, -0.05) is 18.2 Å². The third kappa shape index (κ3) is 2.83. The quantitative estimate of drug-likeness (QED) is 0.803. The maximum atomic E-state index is 12.8. The number of fused-ring (bicyclic) bond motifs is 1. The van der Waals surface area contributed by atoms with Crippen molar-refractivity contribution >= 4 is 16.9 Å². The van der Waals surface area contributed by atoms with Gasteiger partial charge >= 0.3 is 0 Å². The smallest absolute Gasteiger partial charge is 0.263 e. The van der Waals surface area contributed by atoms with Gasteiger partial charge in [-0.15, -0.1) is 0 Å². The summed E-state index contributed by atoms with van der Waals surface area (Å²) >= 11 is 0. The van der Waals surface area contributed by atoms with Gasteiger partial charge in [-0.3, -0.25) is 14.3 Å². The minimum absolute atomic E-state index is 0.0561. The summed E-state index contributed by atoms with van der Waals surface area (Å²) < 4.78 is 1.64. The van der Waals surface area contributed by atoms with Crippen molar-refractivity contribution in [2.75, 3.05) is 5.32 Å². The summed E-state index contributed by atoms with van der Waals surface area (Å²) in [6, 6.07) is 13.3. The Morgan fingerprint density at radius 1 is 1.14 bits per heavy atom. The van der Waals surface area contributed by atoms with E-state index in [1.165, 1.54) is 0 Å². The fourth-order valence-corrected chi connectivity index (χ4v) is 2.34. The molecule has 0 fully saturated rings. The van der Waals surface area contributed by atoms with Crippen LogP contribution in [0, 0.1) is 0 Å². The monoisotopic (exact) mass is 294 g/mol. The molecule has 22 heavy (non-hydrogen) atoms. The third-order valence-corrected chi connectivity index (χ3v) is 3.33. The highest BCUT2D eigenvalue weighted by atomic mass is 16.1. The molecule has 0 spiro atoms. The zero-order valence-corrected chi connectivity index (χ0v) is 12.7. The number of anilines is 1. The maximum absolute atomic E-state index is 12.8. The molecule has 0 atom stereocenters. The van der Waals surface area contributed by atoms with Crippen molar-refractivity contribution in [3.05, 3.63) is 64.7 Å². The average molecular weight is 294 g/mol. The number of pyridine rings is 1. The summed E-state index contributed by atoms with van der Waals surface area (Å²) in [5.74, 6) is 0.573. The van der Waals surface area contributed by atoms with E-state index in [0.29, 0.717) is 23.4 Å². The van der Waals surface area contributed by atoms with Crippen LogP contribution in [0.4, 0.5) is 5.95 Å². The summed E-state index contributed by atoms with van der Waals surface area (Å²) in [5.41, 5.74) is 1.47. The third-order valence-electron chi connectivity index (χ3n) is 3.33. The molecule has 112 valence electrons. The molecule has 0 aliphatic heterocycles. The van der Waals surface area contributed by atoms with Gasteiger partial charge in [0.1, 0.15) is 0 Å². The van der Waals surface area contributed by atoms with Crippen LogP contribution < -0.4 is 10.9 Å². The molecule has 2 heterocycles. The first-order chi connectivity index (χ1) is 10.6. The highest BCUT2D eigenvalue weighted by Gasteiger charge is 2.12. The predicted molar refractivity (Wildman–Crippen MR) is 88.1 cm³/mol. The minimum Gasteiger partial charge on any atom is -0.353 e. The molecule has 0 saturated carbocycles. The fourth-order valence-electron chi connectivity index (χ4n) is 2.34. The van der Waals surface area contributed by atoms with E-state index in [0.717, 1.165) is 5.69 Å². The van der Waals surface area contributed by atoms with Crippen molar-refractivity contribution in [3.63, 3.8) is 0 Å². The predicted octanol–water partition coefficient (Wildman–Crippen LogP) is 2.66. The van der Waals surface area contributed by atoms with Crippen molar-refractivity contribution in [2.24, 2.45) is 0 Å². The first-order valence-electron chi connectivity index (χ1n) is 7.31. The van der Waals surface area contributed by atoms with Crippen molar-refractivity contribution in [1.82, 2.24) is 14.5 Å². The average Bonchev–Trinajstić information content (AvgIpc) is 2.52. The lowest BCUT2D eigenvalue weighted by molar-refractivity contribution is 0.720. The van der Waals surface area contributed by atoms with Crippen LogP contribution in [0.15, 0.2) is 53.5 Å². The molecule has 0 saturated heterocycles. The van der Waals surface area contributed by atoms with Gasteiger partial charge in [-0.2, -0.15) is 0 Å². The van der Waals surface area contributed by atoms with E-state index in [1.54, 1.807) is 16.8 Å². The zero-order valence-electron chi connectivity index (χ0n) is 12.7. The molecule has 0 unspecified atom stereocenters. The van der Waals surface area contributed by atoms with Gasteiger partial charge < -0.3 is 5.32 Å². The first kappa shape index (κ1) is 14.3. The van der Waals surface area contributed by atoms with Crippen LogP contribution in [0.1, 0.15) is 19.5 Å². The van der Waals surface area contributed by atoms with Crippen molar-refractivity contribution < 1.29 is 0 Å². The summed E-state index contributed by atoms with van der Waals surface area (Å²) in [7, 11) is 0. The normalized spacial score (nSPS) is 11.0. The summed E-state index contributed by atoms with van der Waals surface area (Å²) in [5, 5.41) is 3.87. The number of para-hydroxylation sites is 1. The van der Waals surface area contributed by atoms with E-state index in [2.05, 4.69) is 15.3 Å². The van der Waals surface area contributed by atoms with Gasteiger partial charge in [0.25, 0.3) is 5.56 Å². The molecular weight excluding hydrogens is 276 g/mol. The molecule has 5 heteroatoms. The Morgan fingerprint density at radius 2 is 1.91 bits per heavy atom. The molecule has 2 aromatic heterocycles. The summed E-state index contributed by atoms with van der Waals surface area (Å²) in [4.78, 5) is 21.7. The number of rotatable bonds is 4. The van der Waals surface area contributed by atoms with Gasteiger partial charge in [0.15, 0.2) is 0 Å². The lowest BCUT2D eigenvalue weighted by atomic mass is 10.2. The molecule has 0 aliphatic rings. The van der Waals surface area contributed by atoms with Gasteiger partial charge in [0, 0.05) is 12.2 Å². The van der Waals surface area contributed by atoms with Crippen LogP contribution in [0.3, 0.4) is 0 Å². The van der Waals surface area contributed by atoms with Crippen LogP contribution in [0.25, 0.3) is 10.9 Å². The lowest BCUT2D eigenvalue weighted by Crippen LogP contribution is -2.28. The topological polar surface area (TPSA) is 59.8 Å². The molecular formula is C17H18N4O. The van der Waals surface area contributed by atoms with E-state index in [9.17, 15) is 4.79 Å². The number of hydrogen-bond acceptors (Lipinski definition) is 4. The van der Waals surface area contributed by atoms with Gasteiger partial charge in [0.2, 0.25) is 5.95 Å². The largest absolute Gasteiger partial charge is 0.353 e. The second-order valence-corrected chi connectivity index (χ2v) is 5.46. The Hall–Kier alpha value is -2.69. The second kappa shape index (κ2) is 5.97. The Morgan fingerprint density at radius 3 is 2.64 bits per heavy atom. The van der Waals surface area contributed by atoms with E-state index >= 15 is 0 Å².